The Balaban J connectivity index is 1.86. The highest BCUT2D eigenvalue weighted by Gasteiger charge is 2.18. The van der Waals surface area contributed by atoms with Gasteiger partial charge in [0.25, 0.3) is 5.69 Å². The Morgan fingerprint density at radius 2 is 2.04 bits per heavy atom. The molecule has 0 spiro atoms. The Bertz CT molecular complexity index is 827. The van der Waals surface area contributed by atoms with Crippen molar-refractivity contribution in [3.63, 3.8) is 0 Å². The van der Waals surface area contributed by atoms with Gasteiger partial charge in [-0.3, -0.25) is 14.9 Å². The van der Waals surface area contributed by atoms with E-state index in [1.165, 1.54) is 19.2 Å². The summed E-state index contributed by atoms with van der Waals surface area (Å²) >= 11 is 0. The number of nitrogens with zero attached hydrogens (tertiary/aromatic N) is 2. The molecular formula is C17H14N2O5. The number of nitro groups is 1. The first-order valence-corrected chi connectivity index (χ1v) is 7.22. The molecular weight excluding hydrogens is 312 g/mol. The van der Waals surface area contributed by atoms with E-state index >= 15 is 0 Å². The molecule has 2 aromatic rings. The Kier molecular flexibility index (Phi) is 4.24. The quantitative estimate of drug-likeness (QED) is 0.489. The van der Waals surface area contributed by atoms with Crippen molar-refractivity contribution in [1.82, 2.24) is 0 Å². The number of ether oxygens (including phenoxy) is 2. The molecule has 0 aromatic heterocycles. The van der Waals surface area contributed by atoms with Gasteiger partial charge in [0, 0.05) is 12.1 Å². The Hall–Kier alpha value is -3.22. The first-order chi connectivity index (χ1) is 11.6. The summed E-state index contributed by atoms with van der Waals surface area (Å²) in [6.07, 6.45) is 0.203. The number of fused-ring (bicyclic) bond motifs is 1. The van der Waals surface area contributed by atoms with Crippen molar-refractivity contribution in [1.29, 1.82) is 0 Å². The third-order valence-corrected chi connectivity index (χ3v) is 3.64. The molecule has 0 aliphatic carbocycles. The topological polar surface area (TPSA) is 91.0 Å². The minimum absolute atomic E-state index is 0.0317. The summed E-state index contributed by atoms with van der Waals surface area (Å²) in [6.45, 7) is 0.279. The molecule has 122 valence electrons. The lowest BCUT2D eigenvalue weighted by molar-refractivity contribution is -0.384. The van der Waals surface area contributed by atoms with Crippen molar-refractivity contribution in [2.45, 2.75) is 6.42 Å². The van der Waals surface area contributed by atoms with Crippen LogP contribution < -0.4 is 4.74 Å². The van der Waals surface area contributed by atoms with Gasteiger partial charge in [0.1, 0.15) is 18.0 Å². The fraction of sp³-hybridized carbons (Fsp3) is 0.176. The molecule has 0 bridgehead atoms. The van der Waals surface area contributed by atoms with Crippen molar-refractivity contribution in [3.8, 4) is 5.75 Å². The van der Waals surface area contributed by atoms with E-state index in [0.717, 1.165) is 11.1 Å². The van der Waals surface area contributed by atoms with Crippen LogP contribution in [0.2, 0.25) is 0 Å². The molecule has 7 heteroatoms. The van der Waals surface area contributed by atoms with Gasteiger partial charge in [-0.25, -0.2) is 4.99 Å². The van der Waals surface area contributed by atoms with Crippen molar-refractivity contribution in [2.75, 3.05) is 13.7 Å². The van der Waals surface area contributed by atoms with Crippen LogP contribution in [0.4, 0.5) is 11.4 Å². The van der Waals surface area contributed by atoms with E-state index in [1.807, 2.05) is 24.3 Å². The number of hydrogen-bond donors (Lipinski definition) is 0. The number of methoxy groups -OCH3 is 1. The van der Waals surface area contributed by atoms with Crippen LogP contribution in [-0.4, -0.2) is 30.3 Å². The molecule has 0 atom stereocenters. The Morgan fingerprint density at radius 3 is 2.71 bits per heavy atom. The maximum absolute atomic E-state index is 11.3. The molecule has 0 N–H and O–H groups in total. The molecule has 0 radical (unpaired) electrons. The summed E-state index contributed by atoms with van der Waals surface area (Å²) in [5.74, 6) is 0.217. The van der Waals surface area contributed by atoms with Crippen LogP contribution in [0.15, 0.2) is 47.5 Å². The van der Waals surface area contributed by atoms with Crippen molar-refractivity contribution >= 4 is 23.1 Å². The summed E-state index contributed by atoms with van der Waals surface area (Å²) in [5.41, 5.74) is 2.74. The van der Waals surface area contributed by atoms with E-state index in [1.54, 1.807) is 6.07 Å². The fourth-order valence-electron chi connectivity index (χ4n) is 2.35. The number of aliphatic imine (C=N–C) groups is 1. The van der Waals surface area contributed by atoms with Crippen molar-refractivity contribution in [3.05, 3.63) is 63.7 Å². The smallest absolute Gasteiger partial charge is 0.309 e. The highest BCUT2D eigenvalue weighted by molar-refractivity contribution is 6.04. The van der Waals surface area contributed by atoms with Gasteiger partial charge in [-0.15, -0.1) is 0 Å². The predicted molar refractivity (Wildman–Crippen MR) is 87.0 cm³/mol. The summed E-state index contributed by atoms with van der Waals surface area (Å²) in [7, 11) is 1.35. The second-order valence-electron chi connectivity index (χ2n) is 5.21. The SMILES string of the molecule is COC(=O)Cc1ccc(C2=Nc3cc([N+](=O)[O-])ccc3OC2)cc1. The van der Waals surface area contributed by atoms with Crippen LogP contribution in [0, 0.1) is 10.1 Å². The highest BCUT2D eigenvalue weighted by atomic mass is 16.6. The van der Waals surface area contributed by atoms with Gasteiger partial charge in [-0.1, -0.05) is 24.3 Å². The zero-order valence-electron chi connectivity index (χ0n) is 12.9. The standard InChI is InChI=1S/C17H14N2O5/c1-23-17(20)8-11-2-4-12(5-3-11)15-10-24-16-7-6-13(19(21)22)9-14(16)18-15/h2-7,9H,8,10H2,1H3. The Labute approximate surface area is 137 Å². The largest absolute Gasteiger partial charge is 0.485 e. The van der Waals surface area contributed by atoms with Crippen molar-refractivity contribution in [2.24, 2.45) is 4.99 Å². The second-order valence-corrected chi connectivity index (χ2v) is 5.21. The van der Waals surface area contributed by atoms with E-state index < -0.39 is 4.92 Å². The highest BCUT2D eigenvalue weighted by Crippen LogP contribution is 2.34. The van der Waals surface area contributed by atoms with Gasteiger partial charge in [-0.05, 0) is 17.2 Å². The van der Waals surface area contributed by atoms with E-state index in [9.17, 15) is 14.9 Å². The summed E-state index contributed by atoms with van der Waals surface area (Å²) in [4.78, 5) is 26.1. The Morgan fingerprint density at radius 1 is 1.29 bits per heavy atom. The minimum atomic E-state index is -0.467. The van der Waals surface area contributed by atoms with Crippen LogP contribution in [-0.2, 0) is 16.0 Å². The molecule has 3 rings (SSSR count). The van der Waals surface area contributed by atoms with Crippen molar-refractivity contribution < 1.29 is 19.2 Å². The average molecular weight is 326 g/mol. The molecule has 0 unspecified atom stereocenters. The third kappa shape index (κ3) is 3.24. The lowest BCUT2D eigenvalue weighted by atomic mass is 10.1. The second kappa shape index (κ2) is 6.49. The maximum Gasteiger partial charge on any atom is 0.309 e. The molecule has 7 nitrogen and oxygen atoms in total. The first kappa shape index (κ1) is 15.7. The van der Waals surface area contributed by atoms with Gasteiger partial charge in [0.2, 0.25) is 0 Å². The molecule has 2 aromatic carbocycles. The number of esters is 1. The van der Waals surface area contributed by atoms with Gasteiger partial charge in [0.15, 0.2) is 0 Å². The van der Waals surface area contributed by atoms with Crippen LogP contribution in [0.1, 0.15) is 11.1 Å². The maximum atomic E-state index is 11.3. The number of benzene rings is 2. The van der Waals surface area contributed by atoms with Gasteiger partial charge >= 0.3 is 5.97 Å². The summed E-state index contributed by atoms with van der Waals surface area (Å²) < 4.78 is 10.2. The average Bonchev–Trinajstić information content (AvgIpc) is 2.61. The normalized spacial score (nSPS) is 12.6. The van der Waals surface area contributed by atoms with E-state index in [-0.39, 0.29) is 24.7 Å². The number of non-ortho nitro benzene ring substituents is 1. The zero-order chi connectivity index (χ0) is 17.1. The molecule has 1 heterocycles. The fourth-order valence-corrected chi connectivity index (χ4v) is 2.35. The van der Waals surface area contributed by atoms with Crippen LogP contribution in [0.5, 0.6) is 5.75 Å². The molecule has 0 saturated heterocycles. The molecule has 0 fully saturated rings. The van der Waals surface area contributed by atoms with Crippen LogP contribution in [0.25, 0.3) is 0 Å². The number of nitro benzene ring substituents is 1. The first-order valence-electron chi connectivity index (χ1n) is 7.22. The van der Waals surface area contributed by atoms with E-state index in [2.05, 4.69) is 9.73 Å². The van der Waals surface area contributed by atoms with Crippen LogP contribution >= 0.6 is 0 Å². The number of carbonyl (C=O) groups excluding carboxylic acids is 1. The van der Waals surface area contributed by atoms with E-state index in [0.29, 0.717) is 17.1 Å². The minimum Gasteiger partial charge on any atom is -0.485 e. The lowest BCUT2D eigenvalue weighted by Crippen LogP contribution is -2.16. The van der Waals surface area contributed by atoms with Gasteiger partial charge < -0.3 is 9.47 Å². The van der Waals surface area contributed by atoms with Gasteiger partial charge in [-0.2, -0.15) is 0 Å². The number of carbonyl (C=O) groups is 1. The molecule has 1 aliphatic rings. The molecule has 1 aliphatic heterocycles. The van der Waals surface area contributed by atoms with E-state index in [4.69, 9.17) is 4.74 Å². The molecule has 0 amide bonds. The summed E-state index contributed by atoms with van der Waals surface area (Å²) in [5, 5.41) is 10.9. The monoisotopic (exact) mass is 326 g/mol. The van der Waals surface area contributed by atoms with Crippen LogP contribution in [0.3, 0.4) is 0 Å². The number of rotatable bonds is 4. The third-order valence-electron chi connectivity index (χ3n) is 3.64. The molecule has 0 saturated carbocycles. The molecule has 24 heavy (non-hydrogen) atoms. The van der Waals surface area contributed by atoms with Gasteiger partial charge in [0.05, 0.1) is 24.2 Å². The predicted octanol–water partition coefficient (Wildman–Crippen LogP) is 2.82. The summed E-state index contributed by atoms with van der Waals surface area (Å²) in [6, 6.07) is 11.6. The zero-order valence-corrected chi connectivity index (χ0v) is 12.9. The number of hydrogen-bond acceptors (Lipinski definition) is 6. The lowest BCUT2D eigenvalue weighted by Gasteiger charge is -2.17.